The number of nitrogens with one attached hydrogen (secondary N) is 1. The summed E-state index contributed by atoms with van der Waals surface area (Å²) in [5, 5.41) is 3.62. The Morgan fingerprint density at radius 2 is 1.16 bits per heavy atom. The lowest BCUT2D eigenvalue weighted by Crippen LogP contribution is -2.64. The Bertz CT molecular complexity index is 736. The first-order chi connectivity index (χ1) is 17.7. The number of anilines is 2. The van der Waals surface area contributed by atoms with Gasteiger partial charge < -0.3 is 16.0 Å². The molecule has 0 unspecified atom stereocenters. The Morgan fingerprint density at radius 1 is 0.730 bits per heavy atom. The van der Waals surface area contributed by atoms with E-state index < -0.39 is 0 Å². The highest BCUT2D eigenvalue weighted by Crippen LogP contribution is 2.40. The van der Waals surface area contributed by atoms with Gasteiger partial charge in [-0.1, -0.05) is 103 Å². The lowest BCUT2D eigenvalue weighted by Gasteiger charge is -2.54. The Hall–Kier alpha value is -1.14. The zero-order valence-corrected chi connectivity index (χ0v) is 25.5. The van der Waals surface area contributed by atoms with Crippen molar-refractivity contribution in [1.82, 2.24) is 15.0 Å². The molecule has 0 bridgehead atoms. The third-order valence-electron chi connectivity index (χ3n) is 7.84. The fourth-order valence-corrected chi connectivity index (χ4v) is 6.45. The minimum Gasteiger partial charge on any atom is -0.354 e. The van der Waals surface area contributed by atoms with E-state index in [1.165, 1.54) is 96.3 Å². The van der Waals surface area contributed by atoms with E-state index in [0.717, 1.165) is 25.8 Å². The van der Waals surface area contributed by atoms with Crippen LogP contribution >= 0.6 is 11.6 Å². The van der Waals surface area contributed by atoms with Crippen LogP contribution in [0, 0.1) is 0 Å². The molecule has 1 fully saturated rings. The second-order valence-electron chi connectivity index (χ2n) is 12.6. The van der Waals surface area contributed by atoms with Gasteiger partial charge in [-0.3, -0.25) is 0 Å². The van der Waals surface area contributed by atoms with Crippen LogP contribution in [0.4, 0.5) is 11.9 Å². The third kappa shape index (κ3) is 12.1. The predicted molar refractivity (Wildman–Crippen MR) is 161 cm³/mol. The molecule has 0 saturated carbocycles. The minimum atomic E-state index is -0.156. The van der Waals surface area contributed by atoms with Crippen LogP contribution in [0.2, 0.25) is 5.28 Å². The van der Waals surface area contributed by atoms with Gasteiger partial charge in [0.15, 0.2) is 0 Å². The minimum absolute atomic E-state index is 0.156. The van der Waals surface area contributed by atoms with Crippen molar-refractivity contribution in [3.63, 3.8) is 0 Å². The van der Waals surface area contributed by atoms with Crippen LogP contribution in [0.3, 0.4) is 0 Å². The second-order valence-corrected chi connectivity index (χ2v) is 12.9. The van der Waals surface area contributed by atoms with E-state index in [-0.39, 0.29) is 22.4 Å². The van der Waals surface area contributed by atoms with Crippen molar-refractivity contribution in [2.24, 2.45) is 5.73 Å². The van der Waals surface area contributed by atoms with Gasteiger partial charge >= 0.3 is 0 Å². The second kappa shape index (κ2) is 16.7. The maximum Gasteiger partial charge on any atom is 0.232 e. The highest BCUT2D eigenvalue weighted by molar-refractivity contribution is 6.28. The van der Waals surface area contributed by atoms with Crippen LogP contribution in [0.1, 0.15) is 150 Å². The fraction of sp³-hybridized carbons (Fsp3) is 0.900. The molecule has 7 heteroatoms. The van der Waals surface area contributed by atoms with Gasteiger partial charge in [0.2, 0.25) is 17.2 Å². The monoisotopic (exact) mass is 536 g/mol. The Kier molecular flexibility index (Phi) is 14.5. The lowest BCUT2D eigenvalue weighted by molar-refractivity contribution is 0.216. The molecule has 1 aliphatic rings. The first kappa shape index (κ1) is 32.1. The Balaban J connectivity index is 1.57. The van der Waals surface area contributed by atoms with Crippen molar-refractivity contribution < 1.29 is 0 Å². The van der Waals surface area contributed by atoms with Gasteiger partial charge in [0.05, 0.1) is 0 Å². The number of piperidine rings is 1. The molecule has 0 atom stereocenters. The highest BCUT2D eigenvalue weighted by atomic mass is 35.5. The van der Waals surface area contributed by atoms with Gasteiger partial charge in [-0.15, -0.1) is 0 Å². The smallest absolute Gasteiger partial charge is 0.232 e. The topological polar surface area (TPSA) is 80.0 Å². The molecule has 0 aromatic carbocycles. The van der Waals surface area contributed by atoms with Crippen LogP contribution in [-0.4, -0.2) is 38.6 Å². The Morgan fingerprint density at radius 3 is 1.62 bits per heavy atom. The normalized spacial score (nSPS) is 17.3. The average Bonchev–Trinajstić information content (AvgIpc) is 2.78. The largest absolute Gasteiger partial charge is 0.354 e. The van der Waals surface area contributed by atoms with E-state index in [2.05, 4.69) is 54.8 Å². The van der Waals surface area contributed by atoms with Crippen LogP contribution in [0.25, 0.3) is 0 Å². The van der Waals surface area contributed by atoms with Crippen molar-refractivity contribution >= 4 is 23.5 Å². The number of nitrogens with zero attached hydrogens (tertiary/aromatic N) is 4. The van der Waals surface area contributed by atoms with Gasteiger partial charge in [-0.2, -0.15) is 15.0 Å². The van der Waals surface area contributed by atoms with Crippen LogP contribution in [-0.2, 0) is 0 Å². The molecule has 1 aromatic rings. The number of hydrogen-bond donors (Lipinski definition) is 2. The molecule has 0 radical (unpaired) electrons. The molecule has 0 aliphatic carbocycles. The van der Waals surface area contributed by atoms with E-state index in [1.54, 1.807) is 0 Å². The fourth-order valence-electron chi connectivity index (χ4n) is 6.29. The van der Waals surface area contributed by atoms with Crippen molar-refractivity contribution in [2.75, 3.05) is 16.8 Å². The maximum absolute atomic E-state index is 6.35. The summed E-state index contributed by atoms with van der Waals surface area (Å²) in [7, 11) is 0. The molecule has 1 aromatic heterocycles. The first-order valence-electron chi connectivity index (χ1n) is 15.4. The third-order valence-corrected chi connectivity index (χ3v) is 8.01. The molecule has 1 saturated heterocycles. The molecular formula is C30H57ClN6. The van der Waals surface area contributed by atoms with Crippen LogP contribution in [0.15, 0.2) is 0 Å². The summed E-state index contributed by atoms with van der Waals surface area (Å²) < 4.78 is 0. The van der Waals surface area contributed by atoms with Gasteiger partial charge in [0.25, 0.3) is 0 Å². The van der Waals surface area contributed by atoms with Crippen molar-refractivity contribution in [3.8, 4) is 0 Å². The van der Waals surface area contributed by atoms with E-state index in [1.807, 2.05) is 0 Å². The summed E-state index contributed by atoms with van der Waals surface area (Å²) in [5.74, 6) is 1.20. The Labute approximate surface area is 233 Å². The van der Waals surface area contributed by atoms with Gasteiger partial charge in [-0.25, -0.2) is 0 Å². The molecular weight excluding hydrogens is 480 g/mol. The van der Waals surface area contributed by atoms with Crippen LogP contribution < -0.4 is 16.0 Å². The average molecular weight is 537 g/mol. The van der Waals surface area contributed by atoms with E-state index in [9.17, 15) is 0 Å². The molecule has 214 valence electrons. The van der Waals surface area contributed by atoms with E-state index in [4.69, 9.17) is 22.3 Å². The zero-order valence-electron chi connectivity index (χ0n) is 24.8. The molecule has 2 heterocycles. The summed E-state index contributed by atoms with van der Waals surface area (Å²) in [6.45, 7) is 12.0. The molecule has 0 spiro atoms. The summed E-state index contributed by atoms with van der Waals surface area (Å²) in [6, 6.07) is 0.172. The molecule has 0 amide bonds. The number of rotatable bonds is 19. The van der Waals surface area contributed by atoms with Crippen molar-refractivity contribution in [3.05, 3.63) is 5.28 Å². The predicted octanol–water partition coefficient (Wildman–Crippen LogP) is 8.68. The zero-order chi connectivity index (χ0) is 27.2. The van der Waals surface area contributed by atoms with E-state index in [0.29, 0.717) is 11.9 Å². The SMILES string of the molecule is CCCCCCCCCCCCCCCCCCNc1nc(Cl)nc(N2C(C)(C)CC(N)CC2(C)C)n1. The van der Waals surface area contributed by atoms with E-state index >= 15 is 0 Å². The molecule has 2 rings (SSSR count). The van der Waals surface area contributed by atoms with Gasteiger partial charge in [0, 0.05) is 23.7 Å². The summed E-state index contributed by atoms with van der Waals surface area (Å²) >= 11 is 6.31. The van der Waals surface area contributed by atoms with Crippen LogP contribution in [0.5, 0.6) is 0 Å². The standard InChI is InChI=1S/C30H57ClN6/c1-6-7-8-9-10-11-12-13-14-15-16-17-18-19-20-21-22-33-27-34-26(31)35-28(36-27)37-29(2,3)23-25(32)24-30(37,4)5/h25H,6-24,32H2,1-5H3,(H,33,34,35,36). The molecule has 1 aliphatic heterocycles. The van der Waals surface area contributed by atoms with Crippen molar-refractivity contribution in [1.29, 1.82) is 0 Å². The van der Waals surface area contributed by atoms with Gasteiger partial charge in [-0.05, 0) is 58.6 Å². The molecule has 3 N–H and O–H groups in total. The summed E-state index contributed by atoms with van der Waals surface area (Å²) in [4.78, 5) is 15.8. The summed E-state index contributed by atoms with van der Waals surface area (Å²) in [5.41, 5.74) is 6.03. The number of hydrogen-bond acceptors (Lipinski definition) is 6. The number of halogens is 1. The number of unbranched alkanes of at least 4 members (excludes halogenated alkanes) is 15. The number of aromatic nitrogens is 3. The van der Waals surface area contributed by atoms with Crippen molar-refractivity contribution in [2.45, 2.75) is 167 Å². The molecule has 6 nitrogen and oxygen atoms in total. The molecule has 37 heavy (non-hydrogen) atoms. The maximum atomic E-state index is 6.35. The lowest BCUT2D eigenvalue weighted by atomic mass is 9.77. The summed E-state index contributed by atoms with van der Waals surface area (Å²) in [6.07, 6.45) is 23.8. The first-order valence-corrected chi connectivity index (χ1v) is 15.7. The van der Waals surface area contributed by atoms with Gasteiger partial charge in [0.1, 0.15) is 0 Å². The quantitative estimate of drug-likeness (QED) is 0.172. The number of nitrogens with two attached hydrogens (primary N) is 1. The highest BCUT2D eigenvalue weighted by Gasteiger charge is 2.46.